The minimum absolute atomic E-state index is 0.187. The van der Waals surface area contributed by atoms with Gasteiger partial charge in [-0.15, -0.1) is 0 Å². The van der Waals surface area contributed by atoms with Gasteiger partial charge in [0, 0.05) is 16.2 Å². The zero-order chi connectivity index (χ0) is 40.4. The summed E-state index contributed by atoms with van der Waals surface area (Å²) in [6.07, 6.45) is 0. The minimum Gasteiger partial charge on any atom is -0.455 e. The first-order valence-corrected chi connectivity index (χ1v) is 16.9. The summed E-state index contributed by atoms with van der Waals surface area (Å²) in [7, 11) is 0. The van der Waals surface area contributed by atoms with E-state index in [1.165, 1.54) is 0 Å². The van der Waals surface area contributed by atoms with Crippen LogP contribution in [0.15, 0.2) is 186 Å². The number of furan rings is 1. The maximum Gasteiger partial charge on any atom is 0.143 e. The number of rotatable bonds is 3. The zero-order valence-corrected chi connectivity index (χ0v) is 27.1. The van der Waals surface area contributed by atoms with Crippen LogP contribution < -0.4 is 0 Å². The van der Waals surface area contributed by atoms with Gasteiger partial charge in [-0.3, -0.25) is 0 Å². The van der Waals surface area contributed by atoms with E-state index in [9.17, 15) is 5.48 Å². The summed E-state index contributed by atoms with van der Waals surface area (Å²) in [5.74, 6) is 0. The Balaban J connectivity index is 1.20. The molecule has 51 heavy (non-hydrogen) atoms. The number of benzene rings is 10. The highest BCUT2D eigenvalue weighted by atomic mass is 16.3. The van der Waals surface area contributed by atoms with E-state index in [4.69, 9.17) is 9.90 Å². The van der Waals surface area contributed by atoms with Crippen molar-refractivity contribution in [3.05, 3.63) is 182 Å². The predicted octanol–water partition coefficient (Wildman–Crippen LogP) is 14.4. The van der Waals surface area contributed by atoms with Gasteiger partial charge in [-0.05, 0) is 106 Å². The summed E-state index contributed by atoms with van der Waals surface area (Å²) in [5.41, 5.74) is 5.24. The molecule has 0 aliphatic carbocycles. The summed E-state index contributed by atoms with van der Waals surface area (Å²) >= 11 is 0. The normalized spacial score (nSPS) is 14.1. The molecule has 0 radical (unpaired) electrons. The Hall–Kier alpha value is -6.70. The third kappa shape index (κ3) is 4.28. The maximum absolute atomic E-state index is 9.38. The Labute approximate surface area is 305 Å². The second-order valence-electron chi connectivity index (χ2n) is 13.0. The van der Waals surface area contributed by atoms with E-state index >= 15 is 0 Å². The van der Waals surface area contributed by atoms with E-state index in [0.717, 1.165) is 65.4 Å². The number of fused-ring (bicyclic) bond motifs is 10. The highest BCUT2D eigenvalue weighted by molar-refractivity contribution is 6.22. The lowest BCUT2D eigenvalue weighted by atomic mass is 9.85. The first-order valence-electron chi connectivity index (χ1n) is 20.9. The van der Waals surface area contributed by atoms with Crippen LogP contribution in [0, 0.1) is 0 Å². The van der Waals surface area contributed by atoms with Crippen molar-refractivity contribution in [3.63, 3.8) is 0 Å². The molecule has 10 aromatic carbocycles. The molecule has 1 nitrogen and oxygen atoms in total. The third-order valence-corrected chi connectivity index (χ3v) is 10.3. The summed E-state index contributed by atoms with van der Waals surface area (Å²) < 4.78 is 79.2. The molecule has 1 aromatic heterocycles. The van der Waals surface area contributed by atoms with Crippen LogP contribution in [0.1, 0.15) is 11.0 Å². The molecule has 0 saturated heterocycles. The SMILES string of the molecule is [2H]c1c([2H])c([2H])c2c(-c3ccc4ccc5ccccc5c4c3)c3c([2H])c([2H])c([2H])c([2H])c3c(-c3ccc(-c4ccc5ccc6c7ccccc7oc6c5c4)cc3)c2c1[2H]. The summed E-state index contributed by atoms with van der Waals surface area (Å²) in [5, 5.41) is 8.76. The molecule has 0 amide bonds. The molecule has 0 atom stereocenters. The quantitative estimate of drug-likeness (QED) is 0.136. The number of hydrogen-bond donors (Lipinski definition) is 0. The van der Waals surface area contributed by atoms with Crippen molar-refractivity contribution in [2.45, 2.75) is 0 Å². The van der Waals surface area contributed by atoms with E-state index in [0.29, 0.717) is 22.3 Å². The van der Waals surface area contributed by atoms with Crippen LogP contribution in [-0.4, -0.2) is 0 Å². The average molecular weight is 655 g/mol. The molecule has 236 valence electrons. The van der Waals surface area contributed by atoms with Crippen LogP contribution in [0.4, 0.5) is 0 Å². The Kier molecular flexibility index (Phi) is 4.57. The lowest BCUT2D eigenvalue weighted by Gasteiger charge is -2.18. The Bertz CT molecular complexity index is 3560. The molecule has 0 spiro atoms. The topological polar surface area (TPSA) is 13.1 Å². The first-order chi connectivity index (χ1) is 28.6. The van der Waals surface area contributed by atoms with Crippen LogP contribution in [-0.2, 0) is 0 Å². The highest BCUT2D eigenvalue weighted by Crippen LogP contribution is 2.45. The van der Waals surface area contributed by atoms with Crippen molar-refractivity contribution in [2.75, 3.05) is 0 Å². The van der Waals surface area contributed by atoms with Crippen LogP contribution in [0.3, 0.4) is 0 Å². The fraction of sp³-hybridized carbons (Fsp3) is 0. The molecule has 0 saturated carbocycles. The molecular weight excluding hydrogens is 617 g/mol. The van der Waals surface area contributed by atoms with Crippen molar-refractivity contribution < 1.29 is 15.4 Å². The molecule has 0 bridgehead atoms. The molecule has 0 aliphatic heterocycles. The van der Waals surface area contributed by atoms with Gasteiger partial charge in [-0.2, -0.15) is 0 Å². The van der Waals surface area contributed by atoms with Crippen LogP contribution in [0.5, 0.6) is 0 Å². The molecule has 0 N–H and O–H groups in total. The van der Waals surface area contributed by atoms with Gasteiger partial charge in [-0.25, -0.2) is 0 Å². The van der Waals surface area contributed by atoms with Gasteiger partial charge in [0.15, 0.2) is 0 Å². The zero-order valence-electron chi connectivity index (χ0n) is 35.1. The molecule has 0 fully saturated rings. The molecule has 0 aliphatic rings. The fourth-order valence-corrected chi connectivity index (χ4v) is 7.87. The van der Waals surface area contributed by atoms with Crippen molar-refractivity contribution in [2.24, 2.45) is 0 Å². The average Bonchev–Trinajstić information content (AvgIpc) is 3.67. The van der Waals surface area contributed by atoms with E-state index in [1.807, 2.05) is 97.1 Å². The molecule has 11 rings (SSSR count). The fourth-order valence-electron chi connectivity index (χ4n) is 7.87. The first kappa shape index (κ1) is 21.4. The Morgan fingerprint density at radius 1 is 0.333 bits per heavy atom. The molecule has 11 aromatic rings. The minimum atomic E-state index is -0.427. The maximum atomic E-state index is 9.38. The largest absolute Gasteiger partial charge is 0.455 e. The van der Waals surface area contributed by atoms with Gasteiger partial charge < -0.3 is 4.42 Å². The molecule has 1 heterocycles. The smallest absolute Gasteiger partial charge is 0.143 e. The lowest BCUT2D eigenvalue weighted by Crippen LogP contribution is -1.91. The number of hydrogen-bond acceptors (Lipinski definition) is 1. The van der Waals surface area contributed by atoms with Crippen molar-refractivity contribution in [3.8, 4) is 33.4 Å². The summed E-state index contributed by atoms with van der Waals surface area (Å²) in [6.45, 7) is 0. The van der Waals surface area contributed by atoms with Crippen LogP contribution in [0.25, 0.3) is 109 Å². The van der Waals surface area contributed by atoms with E-state index in [1.54, 1.807) is 0 Å². The van der Waals surface area contributed by atoms with Crippen molar-refractivity contribution >= 4 is 75.8 Å². The summed E-state index contributed by atoms with van der Waals surface area (Å²) in [4.78, 5) is 0. The molecule has 1 heteroatoms. The van der Waals surface area contributed by atoms with E-state index in [-0.39, 0.29) is 45.7 Å². The monoisotopic (exact) mass is 654 g/mol. The second-order valence-corrected chi connectivity index (χ2v) is 13.0. The molecule has 0 unspecified atom stereocenters. The lowest BCUT2D eigenvalue weighted by molar-refractivity contribution is 0.672. The van der Waals surface area contributed by atoms with Crippen molar-refractivity contribution in [1.29, 1.82) is 0 Å². The molecular formula is C50H30O. The van der Waals surface area contributed by atoms with Gasteiger partial charge in [0.25, 0.3) is 0 Å². The van der Waals surface area contributed by atoms with Gasteiger partial charge in [0.2, 0.25) is 0 Å². The standard InChI is InChI=1S/C50H30O/c1-2-10-38-32(9-1)19-20-33-22-26-37(30-45(33)38)49-42-14-5-3-12-40(42)48(41-13-4-6-15-43(41)49)35-23-17-31(18-24-35)36-25-21-34-27-28-44-39-11-7-8-16-47(39)51-50(44)46(34)29-36/h1-30H/i3D,4D,5D,6D,12D,13D,14D,15D. The Morgan fingerprint density at radius 3 is 1.55 bits per heavy atom. The van der Waals surface area contributed by atoms with Gasteiger partial charge in [0.1, 0.15) is 11.2 Å². The third-order valence-electron chi connectivity index (χ3n) is 10.3. The van der Waals surface area contributed by atoms with Gasteiger partial charge in [-0.1, -0.05) is 158 Å². The van der Waals surface area contributed by atoms with Crippen LogP contribution >= 0.6 is 0 Å². The van der Waals surface area contributed by atoms with Gasteiger partial charge in [0.05, 0.1) is 11.0 Å². The van der Waals surface area contributed by atoms with E-state index < -0.39 is 24.2 Å². The van der Waals surface area contributed by atoms with Crippen molar-refractivity contribution in [1.82, 2.24) is 0 Å². The van der Waals surface area contributed by atoms with Gasteiger partial charge >= 0.3 is 0 Å². The number of para-hydroxylation sites is 1. The van der Waals surface area contributed by atoms with E-state index in [2.05, 4.69) is 36.4 Å². The van der Waals surface area contributed by atoms with Crippen LogP contribution in [0.2, 0.25) is 0 Å². The Morgan fingerprint density at radius 2 is 0.824 bits per heavy atom. The second kappa shape index (κ2) is 10.9. The predicted molar refractivity (Wildman–Crippen MR) is 218 cm³/mol. The summed E-state index contributed by atoms with van der Waals surface area (Å²) in [6, 6.07) is 41.0. The highest BCUT2D eigenvalue weighted by Gasteiger charge is 2.18.